The van der Waals surface area contributed by atoms with Crippen LogP contribution in [0.2, 0.25) is 0 Å². The normalized spacial score (nSPS) is 14.3. The molecule has 1 aliphatic rings. The maximum absolute atomic E-state index is 12.1. The van der Waals surface area contributed by atoms with Crippen molar-refractivity contribution >= 4 is 29.0 Å². The first kappa shape index (κ1) is 25.3. The average molecular weight is 492 g/mol. The lowest BCUT2D eigenvalue weighted by atomic mass is 9.97. The van der Waals surface area contributed by atoms with Crippen LogP contribution in [-0.2, 0) is 17.7 Å². The van der Waals surface area contributed by atoms with E-state index in [2.05, 4.69) is 56.7 Å². The second-order valence-electron chi connectivity index (χ2n) is 9.05. The molecule has 0 spiro atoms. The molecule has 10 nitrogen and oxygen atoms in total. The first-order valence-corrected chi connectivity index (χ1v) is 11.9. The van der Waals surface area contributed by atoms with Gasteiger partial charge in [-0.2, -0.15) is 4.98 Å². The summed E-state index contributed by atoms with van der Waals surface area (Å²) in [4.78, 5) is 19.0. The highest BCUT2D eigenvalue weighted by molar-refractivity contribution is 5.96. The Morgan fingerprint density at radius 1 is 1.06 bits per heavy atom. The van der Waals surface area contributed by atoms with Crippen molar-refractivity contribution in [1.82, 2.24) is 20.1 Å². The van der Waals surface area contributed by atoms with Gasteiger partial charge in [0.2, 0.25) is 5.95 Å². The number of methoxy groups -OCH3 is 2. The Kier molecular flexibility index (Phi) is 7.66. The Bertz CT molecular complexity index is 1250. The number of hydrogen-bond donors (Lipinski definition) is 3. The van der Waals surface area contributed by atoms with E-state index in [1.807, 2.05) is 31.2 Å². The second-order valence-corrected chi connectivity index (χ2v) is 9.05. The van der Waals surface area contributed by atoms with Crippen LogP contribution in [0.15, 0.2) is 36.4 Å². The molecule has 0 fully saturated rings. The van der Waals surface area contributed by atoms with Gasteiger partial charge in [0.25, 0.3) is 5.91 Å². The van der Waals surface area contributed by atoms with Crippen molar-refractivity contribution in [3.05, 3.63) is 58.8 Å². The summed E-state index contributed by atoms with van der Waals surface area (Å²) in [6.07, 6.45) is 0.784. The quantitative estimate of drug-likeness (QED) is 0.408. The molecule has 36 heavy (non-hydrogen) atoms. The van der Waals surface area contributed by atoms with Crippen molar-refractivity contribution in [3.63, 3.8) is 0 Å². The summed E-state index contributed by atoms with van der Waals surface area (Å²) in [6.45, 7) is 8.21. The summed E-state index contributed by atoms with van der Waals surface area (Å²) in [5.74, 6) is 0.345. The third-order valence-electron chi connectivity index (χ3n) is 6.47. The van der Waals surface area contributed by atoms with Gasteiger partial charge in [0.05, 0.1) is 18.9 Å². The zero-order valence-corrected chi connectivity index (χ0v) is 21.3. The number of carbonyl (C=O) groups excluding carboxylic acids is 1. The predicted octanol–water partition coefficient (Wildman–Crippen LogP) is 3.94. The number of anilines is 4. The lowest BCUT2D eigenvalue weighted by molar-refractivity contribution is 0.0995. The van der Waals surface area contributed by atoms with Crippen LogP contribution in [0.1, 0.15) is 54.1 Å². The van der Waals surface area contributed by atoms with Gasteiger partial charge in [-0.15, -0.1) is 10.2 Å². The van der Waals surface area contributed by atoms with Crippen LogP contribution in [-0.4, -0.2) is 52.8 Å². The molecule has 10 heteroatoms. The van der Waals surface area contributed by atoms with E-state index in [4.69, 9.17) is 15.2 Å². The fourth-order valence-corrected chi connectivity index (χ4v) is 4.29. The monoisotopic (exact) mass is 491 g/mol. The van der Waals surface area contributed by atoms with Crippen LogP contribution >= 0.6 is 0 Å². The number of hydrogen-bond acceptors (Lipinski definition) is 9. The molecule has 4 N–H and O–H groups in total. The van der Waals surface area contributed by atoms with E-state index in [-0.39, 0.29) is 23.6 Å². The van der Waals surface area contributed by atoms with Gasteiger partial charge in [-0.25, -0.2) is 0 Å². The number of nitrogens with zero attached hydrogens (tertiary/aromatic N) is 4. The highest BCUT2D eigenvalue weighted by atomic mass is 16.5. The molecule has 4 rings (SSSR count). The van der Waals surface area contributed by atoms with E-state index in [9.17, 15) is 4.79 Å². The summed E-state index contributed by atoms with van der Waals surface area (Å²) in [7, 11) is 3.27. The number of rotatable bonds is 9. The molecule has 1 unspecified atom stereocenters. The lowest BCUT2D eigenvalue weighted by Crippen LogP contribution is -2.35. The molecular weight excluding hydrogens is 458 g/mol. The summed E-state index contributed by atoms with van der Waals surface area (Å²) in [6, 6.07) is 12.2. The van der Waals surface area contributed by atoms with Gasteiger partial charge in [0.15, 0.2) is 11.5 Å². The van der Waals surface area contributed by atoms with Gasteiger partial charge in [0.1, 0.15) is 5.75 Å². The number of primary amides is 1. The maximum Gasteiger partial charge on any atom is 0.273 e. The Labute approximate surface area is 211 Å². The number of nitrogens with two attached hydrogens (primary N) is 1. The molecular formula is C26H33N7O3. The Morgan fingerprint density at radius 3 is 2.53 bits per heavy atom. The fraction of sp³-hybridized carbons (Fsp3) is 0.385. The molecule has 0 radical (unpaired) electrons. The van der Waals surface area contributed by atoms with Gasteiger partial charge < -0.3 is 25.8 Å². The summed E-state index contributed by atoms with van der Waals surface area (Å²) < 4.78 is 11.1. The van der Waals surface area contributed by atoms with Crippen molar-refractivity contribution in [2.45, 2.75) is 45.9 Å². The average Bonchev–Trinajstić information content (AvgIpc) is 2.87. The predicted molar refractivity (Wildman–Crippen MR) is 139 cm³/mol. The standard InChI is InChI=1S/C26H33N7O3/c1-15(2)33-11-10-17-13-22(36-5)21(12-18(17)14-33)29-26-30-25(23(24(27)34)31-32-26)28-20-9-7-6-8-19(20)16(3)35-4/h6-9,12-13,15-16H,10-11,14H2,1-5H3,(H2,27,34)(H2,28,29,30,32). The van der Waals surface area contributed by atoms with Gasteiger partial charge >= 0.3 is 0 Å². The van der Waals surface area contributed by atoms with Crippen LogP contribution in [0.4, 0.5) is 23.1 Å². The van der Waals surface area contributed by atoms with E-state index < -0.39 is 5.91 Å². The summed E-state index contributed by atoms with van der Waals surface area (Å²) in [5.41, 5.74) is 10.3. The van der Waals surface area contributed by atoms with Gasteiger partial charge in [0, 0.05) is 37.5 Å². The van der Waals surface area contributed by atoms with E-state index >= 15 is 0 Å². The van der Waals surface area contributed by atoms with Crippen LogP contribution in [0.5, 0.6) is 5.75 Å². The van der Waals surface area contributed by atoms with E-state index in [0.29, 0.717) is 11.8 Å². The Hall–Kier alpha value is -3.76. The third kappa shape index (κ3) is 5.39. The molecule has 2 heterocycles. The highest BCUT2D eigenvalue weighted by Crippen LogP contribution is 2.34. The van der Waals surface area contributed by atoms with Crippen LogP contribution in [0, 0.1) is 0 Å². The van der Waals surface area contributed by atoms with E-state index in [1.165, 1.54) is 11.1 Å². The summed E-state index contributed by atoms with van der Waals surface area (Å²) >= 11 is 0. The minimum atomic E-state index is -0.735. The Morgan fingerprint density at radius 2 is 1.83 bits per heavy atom. The SMILES string of the molecule is COc1cc2c(cc1Nc1nnc(C(N)=O)c(Nc3ccccc3C(C)OC)n1)CN(C(C)C)CC2. The molecule has 0 aliphatic carbocycles. The maximum atomic E-state index is 12.1. The first-order valence-electron chi connectivity index (χ1n) is 11.9. The van der Waals surface area contributed by atoms with Crippen molar-refractivity contribution in [2.75, 3.05) is 31.4 Å². The molecule has 3 aromatic rings. The zero-order chi connectivity index (χ0) is 25.8. The van der Waals surface area contributed by atoms with Crippen LogP contribution in [0.25, 0.3) is 0 Å². The molecule has 0 saturated carbocycles. The van der Waals surface area contributed by atoms with Crippen LogP contribution in [0.3, 0.4) is 0 Å². The minimum absolute atomic E-state index is 0.0644. The molecule has 1 atom stereocenters. The number of carbonyl (C=O) groups is 1. The van der Waals surface area contributed by atoms with Crippen molar-refractivity contribution in [3.8, 4) is 5.75 Å². The minimum Gasteiger partial charge on any atom is -0.495 e. The largest absolute Gasteiger partial charge is 0.495 e. The smallest absolute Gasteiger partial charge is 0.273 e. The van der Waals surface area contributed by atoms with Crippen molar-refractivity contribution in [1.29, 1.82) is 0 Å². The van der Waals surface area contributed by atoms with Gasteiger partial charge in [-0.05, 0) is 56.5 Å². The van der Waals surface area contributed by atoms with Gasteiger partial charge in [-0.3, -0.25) is 9.69 Å². The molecule has 0 saturated heterocycles. The topological polar surface area (TPSA) is 128 Å². The molecule has 1 aliphatic heterocycles. The van der Waals surface area contributed by atoms with Crippen LogP contribution < -0.4 is 21.1 Å². The van der Waals surface area contributed by atoms with Crippen molar-refractivity contribution < 1.29 is 14.3 Å². The molecule has 0 bridgehead atoms. The van der Waals surface area contributed by atoms with Crippen molar-refractivity contribution in [2.24, 2.45) is 5.73 Å². The molecule has 2 aromatic carbocycles. The van der Waals surface area contributed by atoms with E-state index in [1.54, 1.807) is 14.2 Å². The number of fused-ring (bicyclic) bond motifs is 1. The number of benzene rings is 2. The lowest BCUT2D eigenvalue weighted by Gasteiger charge is -2.32. The number of para-hydroxylation sites is 1. The molecule has 1 aromatic heterocycles. The number of nitrogens with one attached hydrogen (secondary N) is 2. The number of amides is 1. The molecule has 1 amide bonds. The Balaban J connectivity index is 1.68. The third-order valence-corrected chi connectivity index (χ3v) is 6.47. The zero-order valence-electron chi connectivity index (χ0n) is 21.3. The van der Waals surface area contributed by atoms with E-state index in [0.717, 1.165) is 36.4 Å². The fourth-order valence-electron chi connectivity index (χ4n) is 4.29. The summed E-state index contributed by atoms with van der Waals surface area (Å²) in [5, 5.41) is 14.6. The number of aromatic nitrogens is 3. The molecule has 190 valence electrons. The first-order chi connectivity index (χ1) is 17.3. The number of ether oxygens (including phenoxy) is 2. The highest BCUT2D eigenvalue weighted by Gasteiger charge is 2.22. The second kappa shape index (κ2) is 10.9. The van der Waals surface area contributed by atoms with Gasteiger partial charge in [-0.1, -0.05) is 18.2 Å².